The average Bonchev–Trinajstić information content (AvgIpc) is 3.16. The van der Waals surface area contributed by atoms with Crippen molar-refractivity contribution in [3.05, 3.63) is 35.9 Å². The third-order valence-electron chi connectivity index (χ3n) is 4.16. The van der Waals surface area contributed by atoms with E-state index in [0.29, 0.717) is 13.2 Å². The molecule has 3 rings (SSSR count). The van der Waals surface area contributed by atoms with Gasteiger partial charge < -0.3 is 24.2 Å². The first kappa shape index (κ1) is 17.2. The summed E-state index contributed by atoms with van der Waals surface area (Å²) in [5.41, 5.74) is 0.556. The van der Waals surface area contributed by atoms with Crippen LogP contribution in [0.3, 0.4) is 0 Å². The maximum atomic E-state index is 11.7. The molecular formula is C18H25NO5. The lowest BCUT2D eigenvalue weighted by Crippen LogP contribution is -2.47. The molecule has 2 fully saturated rings. The van der Waals surface area contributed by atoms with Crippen molar-refractivity contribution in [2.75, 3.05) is 13.2 Å². The van der Waals surface area contributed by atoms with Crippen LogP contribution in [-0.4, -0.2) is 59.3 Å². The summed E-state index contributed by atoms with van der Waals surface area (Å²) in [6.07, 6.45) is -1.36. The Hall–Kier alpha value is -1.63. The molecule has 0 aromatic heterocycles. The van der Waals surface area contributed by atoms with Gasteiger partial charge in [0.25, 0.3) is 0 Å². The van der Waals surface area contributed by atoms with Gasteiger partial charge >= 0.3 is 6.09 Å². The van der Waals surface area contributed by atoms with E-state index in [4.69, 9.17) is 14.2 Å². The van der Waals surface area contributed by atoms with Gasteiger partial charge in [0.2, 0.25) is 0 Å². The monoisotopic (exact) mass is 335 g/mol. The van der Waals surface area contributed by atoms with Crippen molar-refractivity contribution >= 4 is 6.09 Å². The van der Waals surface area contributed by atoms with Gasteiger partial charge in [-0.05, 0) is 26.3 Å². The molecule has 1 aromatic rings. The van der Waals surface area contributed by atoms with Crippen molar-refractivity contribution in [2.24, 2.45) is 0 Å². The third-order valence-corrected chi connectivity index (χ3v) is 4.16. The summed E-state index contributed by atoms with van der Waals surface area (Å²) in [7, 11) is 0. The fraction of sp³-hybridized carbons (Fsp3) is 0.611. The predicted octanol–water partition coefficient (Wildman–Crippen LogP) is 2.52. The molecule has 6 nitrogen and oxygen atoms in total. The normalized spacial score (nSPS) is 26.7. The Balaban J connectivity index is 1.71. The number of nitrogens with zero attached hydrogens (tertiary/aromatic N) is 1. The predicted molar refractivity (Wildman–Crippen MR) is 87.9 cm³/mol. The van der Waals surface area contributed by atoms with E-state index in [-0.39, 0.29) is 31.0 Å². The van der Waals surface area contributed by atoms with Crippen LogP contribution >= 0.6 is 0 Å². The highest BCUT2D eigenvalue weighted by Crippen LogP contribution is 2.37. The number of ether oxygens (including phenoxy) is 3. The first-order valence-electron chi connectivity index (χ1n) is 8.30. The summed E-state index contributed by atoms with van der Waals surface area (Å²) in [6.45, 7) is 7.01. The maximum Gasteiger partial charge on any atom is 0.407 e. The molecule has 24 heavy (non-hydrogen) atoms. The van der Waals surface area contributed by atoms with Crippen LogP contribution in [0.1, 0.15) is 26.3 Å². The number of amides is 1. The fourth-order valence-electron chi connectivity index (χ4n) is 3.09. The van der Waals surface area contributed by atoms with Crippen molar-refractivity contribution in [1.29, 1.82) is 0 Å². The van der Waals surface area contributed by atoms with Crippen LogP contribution in [0.25, 0.3) is 0 Å². The van der Waals surface area contributed by atoms with Crippen LogP contribution in [-0.2, 0) is 20.8 Å². The van der Waals surface area contributed by atoms with E-state index in [1.165, 1.54) is 4.90 Å². The van der Waals surface area contributed by atoms with Gasteiger partial charge in [-0.2, -0.15) is 0 Å². The Kier molecular flexibility index (Phi) is 4.80. The second kappa shape index (κ2) is 6.70. The zero-order valence-corrected chi connectivity index (χ0v) is 14.3. The molecule has 132 valence electrons. The highest BCUT2D eigenvalue weighted by Gasteiger charge is 2.55. The van der Waals surface area contributed by atoms with E-state index >= 15 is 0 Å². The summed E-state index contributed by atoms with van der Waals surface area (Å²) >= 11 is 0. The Morgan fingerprint density at radius 1 is 1.38 bits per heavy atom. The molecule has 2 saturated heterocycles. The van der Waals surface area contributed by atoms with Gasteiger partial charge in [0, 0.05) is 6.54 Å². The van der Waals surface area contributed by atoms with Crippen molar-refractivity contribution < 1.29 is 24.1 Å². The molecule has 0 bridgehead atoms. The van der Waals surface area contributed by atoms with Crippen molar-refractivity contribution in [3.63, 3.8) is 0 Å². The topological polar surface area (TPSA) is 71.5 Å². The fourth-order valence-corrected chi connectivity index (χ4v) is 3.09. The van der Waals surface area contributed by atoms with Gasteiger partial charge in [0.05, 0.1) is 18.8 Å². The summed E-state index contributed by atoms with van der Waals surface area (Å²) in [6, 6.07) is 9.56. The van der Waals surface area contributed by atoms with E-state index in [9.17, 15) is 9.90 Å². The van der Waals surface area contributed by atoms with E-state index in [1.54, 1.807) is 0 Å². The Morgan fingerprint density at radius 2 is 2.08 bits per heavy atom. The molecule has 0 spiro atoms. The van der Waals surface area contributed by atoms with Gasteiger partial charge in [-0.3, -0.25) is 0 Å². The minimum absolute atomic E-state index is 0.0321. The molecule has 0 unspecified atom stereocenters. The molecule has 0 saturated carbocycles. The first-order valence-corrected chi connectivity index (χ1v) is 8.30. The Morgan fingerprint density at radius 3 is 2.58 bits per heavy atom. The molecule has 6 heteroatoms. The molecule has 0 aliphatic carbocycles. The minimum Gasteiger partial charge on any atom is -0.465 e. The summed E-state index contributed by atoms with van der Waals surface area (Å²) in [5, 5.41) is 9.60. The van der Waals surface area contributed by atoms with E-state index in [0.717, 1.165) is 5.56 Å². The first-order chi connectivity index (χ1) is 11.3. The highest BCUT2D eigenvalue weighted by molar-refractivity contribution is 5.65. The van der Waals surface area contributed by atoms with Gasteiger partial charge in [-0.15, -0.1) is 0 Å². The largest absolute Gasteiger partial charge is 0.465 e. The number of epoxide rings is 1. The van der Waals surface area contributed by atoms with Crippen molar-refractivity contribution in [1.82, 2.24) is 4.90 Å². The molecule has 2 aliphatic rings. The molecule has 4 atom stereocenters. The second-order valence-corrected chi connectivity index (χ2v) is 7.35. The standard InChI is InChI=1S/C18H25NO5/c1-18(2,3)24-13(15-16-14(23-16)11-22-15)10-19(17(20)21)9-12-7-5-4-6-8-12/h4-8,13-16H,9-11H2,1-3H3,(H,20,21)/t13-,14-,15-,16-/m1/s1. The lowest BCUT2D eigenvalue weighted by molar-refractivity contribution is -0.138. The van der Waals surface area contributed by atoms with Crippen LogP contribution in [0.15, 0.2) is 30.3 Å². The van der Waals surface area contributed by atoms with Crippen LogP contribution in [0, 0.1) is 0 Å². The number of hydrogen-bond acceptors (Lipinski definition) is 4. The number of carbonyl (C=O) groups is 1. The van der Waals surface area contributed by atoms with Gasteiger partial charge in [0.15, 0.2) is 0 Å². The van der Waals surface area contributed by atoms with E-state index in [2.05, 4.69) is 0 Å². The number of benzene rings is 1. The summed E-state index contributed by atoms with van der Waals surface area (Å²) in [5.74, 6) is 0. The van der Waals surface area contributed by atoms with Crippen LogP contribution in [0.5, 0.6) is 0 Å². The zero-order valence-electron chi connectivity index (χ0n) is 14.3. The van der Waals surface area contributed by atoms with Gasteiger partial charge in [-0.25, -0.2) is 4.79 Å². The smallest absolute Gasteiger partial charge is 0.407 e. The zero-order chi connectivity index (χ0) is 17.3. The Bertz CT molecular complexity index is 571. The van der Waals surface area contributed by atoms with Crippen molar-refractivity contribution in [3.8, 4) is 0 Å². The van der Waals surface area contributed by atoms with E-state index < -0.39 is 11.7 Å². The molecule has 2 aliphatic heterocycles. The van der Waals surface area contributed by atoms with E-state index in [1.807, 2.05) is 51.1 Å². The number of rotatable bonds is 6. The second-order valence-electron chi connectivity index (χ2n) is 7.35. The average molecular weight is 335 g/mol. The maximum absolute atomic E-state index is 11.7. The van der Waals surface area contributed by atoms with Crippen LogP contribution in [0.2, 0.25) is 0 Å². The number of hydrogen-bond donors (Lipinski definition) is 1. The van der Waals surface area contributed by atoms with Gasteiger partial charge in [-0.1, -0.05) is 30.3 Å². The molecular weight excluding hydrogens is 310 g/mol. The molecule has 2 heterocycles. The van der Waals surface area contributed by atoms with Crippen molar-refractivity contribution in [2.45, 2.75) is 57.3 Å². The summed E-state index contributed by atoms with van der Waals surface area (Å²) < 4.78 is 17.5. The minimum atomic E-state index is -0.965. The van der Waals surface area contributed by atoms with Crippen LogP contribution in [0.4, 0.5) is 4.79 Å². The molecule has 1 N–H and O–H groups in total. The summed E-state index contributed by atoms with van der Waals surface area (Å²) in [4.78, 5) is 13.1. The number of fused-ring (bicyclic) bond motifs is 1. The SMILES string of the molecule is CC(C)(C)O[C@H](CN(Cc1ccccc1)C(=O)O)[C@H]1OC[C@H]2O[C@@H]12. The lowest BCUT2D eigenvalue weighted by atomic mass is 10.1. The quantitative estimate of drug-likeness (QED) is 0.809. The molecule has 1 aromatic carbocycles. The third kappa shape index (κ3) is 4.26. The molecule has 1 amide bonds. The Labute approximate surface area is 142 Å². The highest BCUT2D eigenvalue weighted by atomic mass is 16.7. The molecule has 0 radical (unpaired) electrons. The van der Waals surface area contributed by atoms with Gasteiger partial charge in [0.1, 0.15) is 24.4 Å². The lowest BCUT2D eigenvalue weighted by Gasteiger charge is -2.34. The number of carboxylic acid groups (broad SMARTS) is 1. The van der Waals surface area contributed by atoms with Crippen LogP contribution < -0.4 is 0 Å².